The van der Waals surface area contributed by atoms with Crippen molar-refractivity contribution in [1.29, 1.82) is 0 Å². The number of aromatic hydroxyl groups is 1. The average molecular weight is 306 g/mol. The van der Waals surface area contributed by atoms with Gasteiger partial charge in [-0.15, -0.1) is 0 Å². The fourth-order valence-corrected chi connectivity index (χ4v) is 3.17. The summed E-state index contributed by atoms with van der Waals surface area (Å²) >= 11 is 0. The second kappa shape index (κ2) is 8.16. The number of carbonyl (C=O) groups excluding carboxylic acids is 1. The predicted molar refractivity (Wildman–Crippen MR) is 85.6 cm³/mol. The Balaban J connectivity index is 2.36. The Morgan fingerprint density at radius 2 is 1.45 bits per heavy atom. The number of ketones is 1. The highest BCUT2D eigenvalue weighted by molar-refractivity contribution is 5.98. The smallest absolute Gasteiger partial charge is 0.350 e. The zero-order chi connectivity index (χ0) is 15.9. The molecule has 1 aromatic rings. The predicted octanol–water partition coefficient (Wildman–Crippen LogP) is 4.16. The van der Waals surface area contributed by atoms with E-state index in [4.69, 9.17) is 4.42 Å². The molecule has 4 nitrogen and oxygen atoms in total. The van der Waals surface area contributed by atoms with E-state index >= 15 is 0 Å². The van der Waals surface area contributed by atoms with Crippen molar-refractivity contribution < 1.29 is 14.3 Å². The molecule has 1 heterocycles. The Morgan fingerprint density at radius 1 is 0.909 bits per heavy atom. The number of fused-ring (bicyclic) bond motifs is 2. The van der Waals surface area contributed by atoms with Crippen LogP contribution >= 0.6 is 0 Å². The van der Waals surface area contributed by atoms with Gasteiger partial charge in [0.05, 0.1) is 0 Å². The van der Waals surface area contributed by atoms with Gasteiger partial charge in [-0.05, 0) is 19.3 Å². The first-order chi connectivity index (χ1) is 10.6. The molecule has 122 valence electrons. The van der Waals surface area contributed by atoms with E-state index in [9.17, 15) is 14.7 Å². The van der Waals surface area contributed by atoms with Crippen molar-refractivity contribution in [2.75, 3.05) is 0 Å². The van der Waals surface area contributed by atoms with Crippen LogP contribution in [0.25, 0.3) is 0 Å². The van der Waals surface area contributed by atoms with Gasteiger partial charge in [0.2, 0.25) is 0 Å². The first kappa shape index (κ1) is 16.8. The molecule has 1 aromatic heterocycles. The van der Waals surface area contributed by atoms with Crippen molar-refractivity contribution in [1.82, 2.24) is 0 Å². The molecule has 4 heteroatoms. The molecular formula is C18H26O4. The highest BCUT2D eigenvalue weighted by Gasteiger charge is 2.23. The molecule has 0 unspecified atom stereocenters. The molecule has 2 rings (SSSR count). The largest absolute Gasteiger partial charge is 0.506 e. The summed E-state index contributed by atoms with van der Waals surface area (Å²) in [7, 11) is 0. The summed E-state index contributed by atoms with van der Waals surface area (Å²) in [6.45, 7) is 1.89. The van der Waals surface area contributed by atoms with Gasteiger partial charge >= 0.3 is 5.63 Å². The van der Waals surface area contributed by atoms with Crippen molar-refractivity contribution in [3.8, 4) is 5.75 Å². The first-order valence-electron chi connectivity index (χ1n) is 8.56. The topological polar surface area (TPSA) is 67.5 Å². The molecule has 1 aliphatic carbocycles. The average Bonchev–Trinajstić information content (AvgIpc) is 2.49. The van der Waals surface area contributed by atoms with Gasteiger partial charge in [0.1, 0.15) is 17.1 Å². The highest BCUT2D eigenvalue weighted by Crippen LogP contribution is 2.28. The summed E-state index contributed by atoms with van der Waals surface area (Å²) in [4.78, 5) is 24.3. The molecule has 1 aliphatic rings. The molecule has 0 atom stereocenters. The zero-order valence-electron chi connectivity index (χ0n) is 13.5. The lowest BCUT2D eigenvalue weighted by Crippen LogP contribution is -2.17. The van der Waals surface area contributed by atoms with Crippen LogP contribution in [0.5, 0.6) is 5.75 Å². The molecule has 0 saturated carbocycles. The third kappa shape index (κ3) is 3.99. The third-order valence-electron chi connectivity index (χ3n) is 4.46. The first-order valence-corrected chi connectivity index (χ1v) is 8.56. The van der Waals surface area contributed by atoms with Crippen LogP contribution < -0.4 is 5.63 Å². The Morgan fingerprint density at radius 3 is 2.05 bits per heavy atom. The molecule has 0 fully saturated rings. The number of rotatable bonds is 1. The van der Waals surface area contributed by atoms with E-state index in [-0.39, 0.29) is 17.1 Å². The maximum atomic E-state index is 12.3. The van der Waals surface area contributed by atoms with Crippen LogP contribution in [0.1, 0.15) is 86.4 Å². The van der Waals surface area contributed by atoms with Crippen molar-refractivity contribution in [3.05, 3.63) is 27.3 Å². The summed E-state index contributed by atoms with van der Waals surface area (Å²) in [5.74, 6) is 0.105. The zero-order valence-corrected chi connectivity index (χ0v) is 13.5. The normalized spacial score (nSPS) is 18.0. The minimum Gasteiger partial charge on any atom is -0.506 e. The molecule has 0 aliphatic heterocycles. The van der Waals surface area contributed by atoms with Crippen molar-refractivity contribution in [3.63, 3.8) is 0 Å². The minimum absolute atomic E-state index is 0.129. The van der Waals surface area contributed by atoms with Gasteiger partial charge in [0, 0.05) is 18.4 Å². The lowest BCUT2D eigenvalue weighted by atomic mass is 9.96. The summed E-state index contributed by atoms with van der Waals surface area (Å²) in [5.41, 5.74) is -0.165. The summed E-state index contributed by atoms with van der Waals surface area (Å²) in [6, 6.07) is 0. The standard InChI is InChI=1S/C18H26O4/c1-2-15-13-11-9-7-5-3-4-6-8-10-12-14(19)16(17(13)20)18(21)22-15/h20H,2-12H2,1H3. The molecule has 0 saturated heterocycles. The van der Waals surface area contributed by atoms with Crippen LogP contribution in [-0.4, -0.2) is 10.9 Å². The van der Waals surface area contributed by atoms with E-state index in [2.05, 4.69) is 0 Å². The van der Waals surface area contributed by atoms with Gasteiger partial charge < -0.3 is 9.52 Å². The van der Waals surface area contributed by atoms with E-state index < -0.39 is 5.63 Å². The van der Waals surface area contributed by atoms with Crippen molar-refractivity contribution in [2.45, 2.75) is 77.6 Å². The van der Waals surface area contributed by atoms with E-state index in [1.54, 1.807) is 0 Å². The molecule has 1 N–H and O–H groups in total. The minimum atomic E-state index is -0.685. The van der Waals surface area contributed by atoms with Crippen molar-refractivity contribution in [2.24, 2.45) is 0 Å². The molecule has 0 aromatic carbocycles. The summed E-state index contributed by atoms with van der Waals surface area (Å²) < 4.78 is 5.31. The third-order valence-corrected chi connectivity index (χ3v) is 4.46. The van der Waals surface area contributed by atoms with Crippen LogP contribution in [0.3, 0.4) is 0 Å². The Kier molecular flexibility index (Phi) is 6.22. The SMILES string of the molecule is CCc1oc(=O)c2c(O)c1CCCCCCCCCCC2=O. The van der Waals surface area contributed by atoms with Gasteiger partial charge in [-0.25, -0.2) is 4.79 Å². The lowest BCUT2D eigenvalue weighted by Gasteiger charge is -2.12. The number of Topliss-reactive ketones (excluding diaryl/α,β-unsaturated/α-hetero) is 1. The van der Waals surface area contributed by atoms with Gasteiger partial charge in [-0.3, -0.25) is 4.79 Å². The highest BCUT2D eigenvalue weighted by atomic mass is 16.4. The van der Waals surface area contributed by atoms with Crippen LogP contribution in [0, 0.1) is 0 Å². The van der Waals surface area contributed by atoms with E-state index in [0.717, 1.165) is 32.1 Å². The number of hydrogen-bond donors (Lipinski definition) is 1. The van der Waals surface area contributed by atoms with E-state index in [1.165, 1.54) is 19.3 Å². The fraction of sp³-hybridized carbons (Fsp3) is 0.667. The number of hydrogen-bond acceptors (Lipinski definition) is 4. The Labute approximate surface area is 131 Å². The van der Waals surface area contributed by atoms with Gasteiger partial charge in [-0.2, -0.15) is 0 Å². The lowest BCUT2D eigenvalue weighted by molar-refractivity contribution is 0.0971. The fourth-order valence-electron chi connectivity index (χ4n) is 3.17. The number of aryl methyl sites for hydroxylation is 1. The maximum absolute atomic E-state index is 12.3. The second-order valence-corrected chi connectivity index (χ2v) is 6.12. The molecule has 0 amide bonds. The monoisotopic (exact) mass is 306 g/mol. The van der Waals surface area contributed by atoms with Crippen LogP contribution in [0.2, 0.25) is 0 Å². The molecular weight excluding hydrogens is 280 g/mol. The number of carbonyl (C=O) groups is 1. The Hall–Kier alpha value is -1.58. The van der Waals surface area contributed by atoms with Crippen molar-refractivity contribution >= 4 is 5.78 Å². The molecule has 0 radical (unpaired) electrons. The van der Waals surface area contributed by atoms with Gasteiger partial charge in [-0.1, -0.05) is 45.4 Å². The van der Waals surface area contributed by atoms with Gasteiger partial charge in [0.25, 0.3) is 0 Å². The second-order valence-electron chi connectivity index (χ2n) is 6.12. The van der Waals surface area contributed by atoms with E-state index in [0.29, 0.717) is 30.6 Å². The molecule has 0 spiro atoms. The summed E-state index contributed by atoms with van der Waals surface area (Å²) in [5, 5.41) is 10.4. The quantitative estimate of drug-likeness (QED) is 0.846. The molecule has 22 heavy (non-hydrogen) atoms. The van der Waals surface area contributed by atoms with Crippen LogP contribution in [-0.2, 0) is 12.8 Å². The maximum Gasteiger partial charge on any atom is 0.350 e. The van der Waals surface area contributed by atoms with Crippen LogP contribution in [0.4, 0.5) is 0 Å². The molecule has 2 bridgehead atoms. The van der Waals surface area contributed by atoms with E-state index in [1.807, 2.05) is 6.92 Å². The Bertz CT molecular complexity index is 571. The summed E-state index contributed by atoms with van der Waals surface area (Å²) in [6.07, 6.45) is 10.1. The van der Waals surface area contributed by atoms with Crippen LogP contribution in [0.15, 0.2) is 9.21 Å². The van der Waals surface area contributed by atoms with Gasteiger partial charge in [0.15, 0.2) is 5.78 Å².